The van der Waals surface area contributed by atoms with Gasteiger partial charge in [0.25, 0.3) is 0 Å². The Hall–Kier alpha value is -1.58. The number of hydrogen-bond donors (Lipinski definition) is 1. The summed E-state index contributed by atoms with van der Waals surface area (Å²) in [6.07, 6.45) is -0.0600. The average molecular weight is 298 g/mol. The maximum Gasteiger partial charge on any atom is 0.228 e. The second kappa shape index (κ2) is 6.04. The first-order chi connectivity index (χ1) is 9.06. The van der Waals surface area contributed by atoms with Gasteiger partial charge in [0.15, 0.2) is 0 Å². The summed E-state index contributed by atoms with van der Waals surface area (Å²) in [7, 11) is 0. The summed E-state index contributed by atoms with van der Waals surface area (Å²) < 4.78 is 13.4. The van der Waals surface area contributed by atoms with E-state index in [1.54, 1.807) is 36.4 Å². The third-order valence-electron chi connectivity index (χ3n) is 2.51. The minimum Gasteiger partial charge on any atom is -0.324 e. The maximum absolute atomic E-state index is 13.4. The van der Waals surface area contributed by atoms with E-state index in [2.05, 4.69) is 5.32 Å². The van der Waals surface area contributed by atoms with E-state index in [9.17, 15) is 9.18 Å². The highest BCUT2D eigenvalue weighted by molar-refractivity contribution is 6.35. The molecule has 2 rings (SSSR count). The van der Waals surface area contributed by atoms with Crippen molar-refractivity contribution in [3.63, 3.8) is 0 Å². The fourth-order valence-electron chi connectivity index (χ4n) is 1.60. The first-order valence-corrected chi connectivity index (χ1v) is 6.30. The molecule has 98 valence electrons. The molecule has 5 heteroatoms. The zero-order valence-electron chi connectivity index (χ0n) is 9.79. The van der Waals surface area contributed by atoms with E-state index in [1.165, 1.54) is 6.07 Å². The molecule has 1 N–H and O–H groups in total. The summed E-state index contributed by atoms with van der Waals surface area (Å²) in [4.78, 5) is 11.8. The number of nitrogens with one attached hydrogen (secondary N) is 1. The van der Waals surface area contributed by atoms with Gasteiger partial charge in [-0.05, 0) is 29.8 Å². The van der Waals surface area contributed by atoms with Crippen LogP contribution in [0.2, 0.25) is 10.0 Å². The summed E-state index contributed by atoms with van der Waals surface area (Å²) in [6.45, 7) is 0. The van der Waals surface area contributed by atoms with Crippen molar-refractivity contribution >= 4 is 34.8 Å². The lowest BCUT2D eigenvalue weighted by Crippen LogP contribution is -2.15. The van der Waals surface area contributed by atoms with Crippen LogP contribution >= 0.6 is 23.2 Å². The number of hydrogen-bond acceptors (Lipinski definition) is 1. The molecule has 0 unspecified atom stereocenters. The van der Waals surface area contributed by atoms with E-state index < -0.39 is 5.82 Å². The fraction of sp³-hybridized carbons (Fsp3) is 0.0714. The molecular formula is C14H10Cl2FNO. The SMILES string of the molecule is O=C(Cc1ccccc1F)Nc1cc(Cl)ccc1Cl. The predicted molar refractivity (Wildman–Crippen MR) is 75.2 cm³/mol. The molecule has 2 nitrogen and oxygen atoms in total. The fourth-order valence-corrected chi connectivity index (χ4v) is 1.94. The molecule has 2 aromatic rings. The van der Waals surface area contributed by atoms with Crippen LogP contribution in [-0.2, 0) is 11.2 Å². The zero-order chi connectivity index (χ0) is 13.8. The molecule has 0 heterocycles. The summed E-state index contributed by atoms with van der Waals surface area (Å²) >= 11 is 11.7. The van der Waals surface area contributed by atoms with Gasteiger partial charge in [-0.2, -0.15) is 0 Å². The van der Waals surface area contributed by atoms with Crippen molar-refractivity contribution in [1.29, 1.82) is 0 Å². The van der Waals surface area contributed by atoms with Crippen LogP contribution in [0.4, 0.5) is 10.1 Å². The van der Waals surface area contributed by atoms with Gasteiger partial charge < -0.3 is 5.32 Å². The Labute approximate surface area is 120 Å². The van der Waals surface area contributed by atoms with Crippen LogP contribution < -0.4 is 5.32 Å². The van der Waals surface area contributed by atoms with E-state index >= 15 is 0 Å². The van der Waals surface area contributed by atoms with Gasteiger partial charge in [-0.25, -0.2) is 4.39 Å². The Bertz CT molecular complexity index is 616. The van der Waals surface area contributed by atoms with Crippen molar-refractivity contribution in [3.8, 4) is 0 Å². The van der Waals surface area contributed by atoms with Crippen LogP contribution in [0.5, 0.6) is 0 Å². The molecule has 19 heavy (non-hydrogen) atoms. The highest BCUT2D eigenvalue weighted by Gasteiger charge is 2.10. The minimum absolute atomic E-state index is 0.0600. The van der Waals surface area contributed by atoms with E-state index in [-0.39, 0.29) is 12.3 Å². The highest BCUT2D eigenvalue weighted by atomic mass is 35.5. The van der Waals surface area contributed by atoms with E-state index in [0.717, 1.165) is 0 Å². The number of benzene rings is 2. The Balaban J connectivity index is 2.10. The lowest BCUT2D eigenvalue weighted by molar-refractivity contribution is -0.115. The van der Waals surface area contributed by atoms with Crippen molar-refractivity contribution in [2.24, 2.45) is 0 Å². The second-order valence-corrected chi connectivity index (χ2v) is 4.78. The third kappa shape index (κ3) is 3.69. The molecule has 0 bridgehead atoms. The van der Waals surface area contributed by atoms with Crippen LogP contribution in [0.15, 0.2) is 42.5 Å². The summed E-state index contributed by atoms with van der Waals surface area (Å²) in [5.41, 5.74) is 0.744. The Morgan fingerprint density at radius 3 is 2.63 bits per heavy atom. The summed E-state index contributed by atoms with van der Waals surface area (Å²) in [5, 5.41) is 3.45. The van der Waals surface area contributed by atoms with Crippen molar-refractivity contribution < 1.29 is 9.18 Å². The van der Waals surface area contributed by atoms with Gasteiger partial charge in [0.1, 0.15) is 5.82 Å². The van der Waals surface area contributed by atoms with Crippen molar-refractivity contribution in [1.82, 2.24) is 0 Å². The van der Waals surface area contributed by atoms with Crippen LogP contribution in [-0.4, -0.2) is 5.91 Å². The van der Waals surface area contributed by atoms with Crippen molar-refractivity contribution in [2.45, 2.75) is 6.42 Å². The number of rotatable bonds is 3. The van der Waals surface area contributed by atoms with Crippen LogP contribution in [0.1, 0.15) is 5.56 Å². The van der Waals surface area contributed by atoms with Gasteiger partial charge in [0.2, 0.25) is 5.91 Å². The smallest absolute Gasteiger partial charge is 0.228 e. The van der Waals surface area contributed by atoms with Gasteiger partial charge in [-0.1, -0.05) is 41.4 Å². The van der Waals surface area contributed by atoms with Gasteiger partial charge in [0, 0.05) is 5.02 Å². The quantitative estimate of drug-likeness (QED) is 0.898. The van der Waals surface area contributed by atoms with Gasteiger partial charge >= 0.3 is 0 Å². The van der Waals surface area contributed by atoms with Gasteiger partial charge in [-0.3, -0.25) is 4.79 Å². The van der Waals surface area contributed by atoms with E-state index in [0.29, 0.717) is 21.3 Å². The molecular weight excluding hydrogens is 288 g/mol. The van der Waals surface area contributed by atoms with Gasteiger partial charge in [0.05, 0.1) is 17.1 Å². The van der Waals surface area contributed by atoms with Crippen LogP contribution in [0.25, 0.3) is 0 Å². The molecule has 0 aromatic heterocycles. The molecule has 0 saturated carbocycles. The number of anilines is 1. The Morgan fingerprint density at radius 1 is 1.16 bits per heavy atom. The summed E-state index contributed by atoms with van der Waals surface area (Å²) in [6, 6.07) is 10.9. The molecule has 0 spiro atoms. The molecule has 0 aliphatic heterocycles. The number of carbonyl (C=O) groups is 1. The minimum atomic E-state index is -0.408. The second-order valence-electron chi connectivity index (χ2n) is 3.94. The Kier molecular flexibility index (Phi) is 4.40. The molecule has 0 radical (unpaired) electrons. The normalized spacial score (nSPS) is 10.3. The largest absolute Gasteiger partial charge is 0.324 e. The number of halogens is 3. The lowest BCUT2D eigenvalue weighted by Gasteiger charge is -2.08. The lowest BCUT2D eigenvalue weighted by atomic mass is 10.1. The summed E-state index contributed by atoms with van der Waals surface area (Å²) in [5.74, 6) is -0.760. The average Bonchev–Trinajstić information content (AvgIpc) is 2.37. The van der Waals surface area contributed by atoms with E-state index in [4.69, 9.17) is 23.2 Å². The van der Waals surface area contributed by atoms with Gasteiger partial charge in [-0.15, -0.1) is 0 Å². The third-order valence-corrected chi connectivity index (χ3v) is 3.08. The molecule has 2 aromatic carbocycles. The Morgan fingerprint density at radius 2 is 1.89 bits per heavy atom. The maximum atomic E-state index is 13.4. The molecule has 0 aliphatic carbocycles. The first kappa shape index (κ1) is 13.8. The molecule has 1 amide bonds. The monoisotopic (exact) mass is 297 g/mol. The first-order valence-electron chi connectivity index (χ1n) is 5.54. The van der Waals surface area contributed by atoms with Crippen molar-refractivity contribution in [3.05, 3.63) is 63.9 Å². The topological polar surface area (TPSA) is 29.1 Å². The number of amides is 1. The van der Waals surface area contributed by atoms with Crippen LogP contribution in [0.3, 0.4) is 0 Å². The molecule has 0 fully saturated rings. The zero-order valence-corrected chi connectivity index (χ0v) is 11.3. The van der Waals surface area contributed by atoms with Crippen molar-refractivity contribution in [2.75, 3.05) is 5.32 Å². The number of carbonyl (C=O) groups excluding carboxylic acids is 1. The standard InChI is InChI=1S/C14H10Cl2FNO/c15-10-5-6-11(16)13(8-10)18-14(19)7-9-3-1-2-4-12(9)17/h1-6,8H,7H2,(H,18,19). The molecule has 0 aliphatic rings. The molecule has 0 atom stereocenters. The van der Waals surface area contributed by atoms with E-state index in [1.807, 2.05) is 0 Å². The highest BCUT2D eigenvalue weighted by Crippen LogP contribution is 2.25. The van der Waals surface area contributed by atoms with Crippen LogP contribution in [0, 0.1) is 5.82 Å². The molecule has 0 saturated heterocycles. The predicted octanol–water partition coefficient (Wildman–Crippen LogP) is 4.31.